The van der Waals surface area contributed by atoms with Crippen molar-refractivity contribution >= 4 is 0 Å². The molecule has 8 aliphatic heterocycles. The second-order valence-electron chi connectivity index (χ2n) is 15.8. The Balaban J connectivity index is 1.06. The minimum Gasteiger partial charge on any atom is -0.456 e. The third-order valence-corrected chi connectivity index (χ3v) is 12.7. The van der Waals surface area contributed by atoms with Gasteiger partial charge in [-0.05, 0) is 64.2 Å². The Bertz CT molecular complexity index is 1550. The number of alkyl halides is 6. The Hall–Kier alpha value is -2.10. The van der Waals surface area contributed by atoms with Crippen molar-refractivity contribution in [3.05, 3.63) is 22.7 Å². The van der Waals surface area contributed by atoms with E-state index in [9.17, 15) is 31.4 Å². The van der Waals surface area contributed by atoms with Gasteiger partial charge in [-0.15, -0.1) is 0 Å². The fraction of sp³-hybridized carbons (Fsp3) is 0.829. The summed E-state index contributed by atoms with van der Waals surface area (Å²) in [5, 5.41) is 11.3. The first-order chi connectivity index (χ1) is 23.9. The lowest BCUT2D eigenvalue weighted by atomic mass is 9.59. The van der Waals surface area contributed by atoms with E-state index in [4.69, 9.17) is 43.2 Å². The summed E-state index contributed by atoms with van der Waals surface area (Å²) in [5.41, 5.74) is -3.46. The quantitative estimate of drug-likeness (QED) is 0.149. The van der Waals surface area contributed by atoms with E-state index in [1.807, 2.05) is 13.8 Å². The highest BCUT2D eigenvalue weighted by Gasteiger charge is 2.72. The fourth-order valence-electron chi connectivity index (χ4n) is 10.3. The molecule has 1 N–H and O–H groups in total. The largest absolute Gasteiger partial charge is 0.456 e. The van der Waals surface area contributed by atoms with E-state index in [-0.39, 0.29) is 35.7 Å². The van der Waals surface area contributed by atoms with E-state index >= 15 is 0 Å². The molecule has 10 nitrogen and oxygen atoms in total. The predicted octanol–water partition coefficient (Wildman–Crippen LogP) is 6.49. The van der Waals surface area contributed by atoms with Crippen molar-refractivity contribution in [2.75, 3.05) is 13.2 Å². The minimum absolute atomic E-state index is 0.0436. The number of aliphatic hydroxyl groups is 1. The van der Waals surface area contributed by atoms with E-state index in [1.54, 1.807) is 13.8 Å². The number of hydrogen-bond donors (Lipinski definition) is 1. The highest BCUT2D eigenvalue weighted by atomic mass is 19.4. The van der Waals surface area contributed by atoms with Crippen LogP contribution in [0.4, 0.5) is 26.3 Å². The monoisotopic (exact) mass is 736 g/mol. The van der Waals surface area contributed by atoms with Crippen LogP contribution in [-0.4, -0.2) is 72.1 Å². The molecule has 8 heterocycles. The van der Waals surface area contributed by atoms with Gasteiger partial charge in [0.25, 0.3) is 0 Å². The molecule has 284 valence electrons. The van der Waals surface area contributed by atoms with Gasteiger partial charge < -0.3 is 28.8 Å². The molecule has 16 heteroatoms. The second kappa shape index (κ2) is 11.9. The van der Waals surface area contributed by atoms with Gasteiger partial charge in [0.2, 0.25) is 35.7 Å². The Kier molecular flexibility index (Phi) is 8.41. The van der Waals surface area contributed by atoms with E-state index in [0.717, 1.165) is 0 Å². The van der Waals surface area contributed by atoms with E-state index in [1.165, 1.54) is 0 Å². The SMILES string of the molecule is C[C@@H]1CC[C@H]2C(COCC#CC(O)C3=C(C(F)(F)F)O[C@@H]4OC5(C)CC[C@H]6[C@H](C)CC[C@@H]3[C@@]46OO5)=C(C(F)(F)F)O[C@@H]3OC4(C)CC[C@@H]1[C@]32OO4. The first kappa shape index (κ1) is 35.9. The highest BCUT2D eigenvalue weighted by molar-refractivity contribution is 5.35. The average molecular weight is 737 g/mol. The Morgan fingerprint density at radius 2 is 1.25 bits per heavy atom. The summed E-state index contributed by atoms with van der Waals surface area (Å²) in [5.74, 6) is -2.44. The molecule has 0 amide bonds. The number of halogens is 6. The molecule has 2 saturated carbocycles. The van der Waals surface area contributed by atoms with Crippen LogP contribution in [0.2, 0.25) is 0 Å². The fourth-order valence-corrected chi connectivity index (χ4v) is 10.3. The average Bonchev–Trinajstić information content (AvgIpc) is 3.43. The van der Waals surface area contributed by atoms with Crippen LogP contribution in [-0.2, 0) is 43.2 Å². The molecule has 0 aromatic rings. The van der Waals surface area contributed by atoms with Crippen molar-refractivity contribution in [2.24, 2.45) is 35.5 Å². The molecule has 2 aliphatic carbocycles. The van der Waals surface area contributed by atoms with Gasteiger partial charge in [-0.2, -0.15) is 26.3 Å². The first-order valence-electron chi connectivity index (χ1n) is 17.7. The van der Waals surface area contributed by atoms with Crippen molar-refractivity contribution in [2.45, 2.75) is 133 Å². The van der Waals surface area contributed by atoms with E-state index < -0.39 is 96.0 Å². The van der Waals surface area contributed by atoms with Crippen LogP contribution in [0.25, 0.3) is 0 Å². The van der Waals surface area contributed by atoms with Crippen LogP contribution in [0.1, 0.15) is 79.1 Å². The van der Waals surface area contributed by atoms with Crippen molar-refractivity contribution in [3.8, 4) is 11.8 Å². The van der Waals surface area contributed by atoms with Gasteiger partial charge in [-0.25, -0.2) is 19.6 Å². The lowest BCUT2D eigenvalue weighted by Gasteiger charge is -2.57. The van der Waals surface area contributed by atoms with Gasteiger partial charge in [-0.1, -0.05) is 25.7 Å². The Morgan fingerprint density at radius 1 is 0.745 bits per heavy atom. The summed E-state index contributed by atoms with van der Waals surface area (Å²) < 4.78 is 116. The molecule has 0 aromatic heterocycles. The van der Waals surface area contributed by atoms with Crippen molar-refractivity contribution in [1.29, 1.82) is 0 Å². The molecule has 10 rings (SSSR count). The van der Waals surface area contributed by atoms with Gasteiger partial charge >= 0.3 is 12.4 Å². The van der Waals surface area contributed by atoms with E-state index in [0.29, 0.717) is 44.9 Å². The van der Waals surface area contributed by atoms with Crippen LogP contribution in [0.3, 0.4) is 0 Å². The van der Waals surface area contributed by atoms with Gasteiger partial charge in [-0.3, -0.25) is 0 Å². The van der Waals surface area contributed by atoms with Crippen molar-refractivity contribution in [1.82, 2.24) is 0 Å². The molecule has 2 spiro atoms. The van der Waals surface area contributed by atoms with Gasteiger partial charge in [0.1, 0.15) is 12.7 Å². The van der Waals surface area contributed by atoms with E-state index in [2.05, 4.69) is 11.8 Å². The molecular weight excluding hydrogens is 694 g/mol. The van der Waals surface area contributed by atoms with Crippen molar-refractivity contribution in [3.63, 3.8) is 0 Å². The summed E-state index contributed by atoms with van der Waals surface area (Å²) in [4.78, 5) is 23.2. The third kappa shape index (κ3) is 5.46. The number of ether oxygens (including phenoxy) is 5. The zero-order chi connectivity index (χ0) is 36.4. The Morgan fingerprint density at radius 3 is 1.80 bits per heavy atom. The summed E-state index contributed by atoms with van der Waals surface area (Å²) in [6, 6.07) is 0. The summed E-state index contributed by atoms with van der Waals surface area (Å²) >= 11 is 0. The molecule has 13 atom stereocenters. The zero-order valence-corrected chi connectivity index (χ0v) is 28.7. The van der Waals surface area contributed by atoms with Crippen LogP contribution in [0, 0.1) is 47.3 Å². The molecule has 0 aromatic carbocycles. The predicted molar refractivity (Wildman–Crippen MR) is 159 cm³/mol. The topological polar surface area (TPSA) is 103 Å². The second-order valence-corrected chi connectivity index (χ2v) is 15.8. The smallest absolute Gasteiger partial charge is 0.449 e. The lowest BCUT2D eigenvalue weighted by molar-refractivity contribution is -0.558. The number of aliphatic hydroxyl groups excluding tert-OH is 1. The maximum absolute atomic E-state index is 14.6. The van der Waals surface area contributed by atoms with Gasteiger partial charge in [0.05, 0.1) is 6.61 Å². The zero-order valence-electron chi connectivity index (χ0n) is 28.7. The third-order valence-electron chi connectivity index (χ3n) is 12.7. The summed E-state index contributed by atoms with van der Waals surface area (Å²) in [6.07, 6.45) is -11.0. The summed E-state index contributed by atoms with van der Waals surface area (Å²) in [6.45, 7) is 6.14. The van der Waals surface area contributed by atoms with Crippen LogP contribution >= 0.6 is 0 Å². The molecule has 6 saturated heterocycles. The van der Waals surface area contributed by atoms with Gasteiger partial charge in [0, 0.05) is 47.7 Å². The maximum atomic E-state index is 14.6. The molecule has 8 fully saturated rings. The molecule has 0 radical (unpaired) electrons. The maximum Gasteiger partial charge on any atom is 0.449 e. The standard InChI is InChI=1S/C35H42F6O10/c1-17-7-9-22-19(26(34(36,37)38)44-28-32(22)20(17)11-13-30(3,46-28)48-50-32)16-43-15-5-6-24(42)25-23-10-8-18(2)21-12-14-31(4)47-29(33(21,23)51-49-31)45-27(25)35(39,40)41/h17-18,20-24,28-29,42H,7-16H2,1-4H3/t17-,18-,20+,21+,22+,23+,24?,28-,29-,30?,31?,32-,33-/m1/s1. The molecule has 4 bridgehead atoms. The van der Waals surface area contributed by atoms with Crippen molar-refractivity contribution < 1.29 is 74.7 Å². The Labute approximate surface area is 290 Å². The number of fused-ring (bicyclic) bond motifs is 4. The molecule has 3 unspecified atom stereocenters. The first-order valence-corrected chi connectivity index (χ1v) is 17.7. The number of hydrogen-bond acceptors (Lipinski definition) is 10. The number of allylic oxidation sites excluding steroid dienone is 2. The minimum atomic E-state index is -5.00. The molecule has 10 aliphatic rings. The summed E-state index contributed by atoms with van der Waals surface area (Å²) in [7, 11) is 0. The normalized spacial score (nSPS) is 46.5. The molecule has 51 heavy (non-hydrogen) atoms. The molecular formula is C35H42F6O10. The van der Waals surface area contributed by atoms with Crippen LogP contribution in [0.15, 0.2) is 22.7 Å². The van der Waals surface area contributed by atoms with Gasteiger partial charge in [0.15, 0.2) is 11.2 Å². The van der Waals surface area contributed by atoms with Crippen LogP contribution < -0.4 is 0 Å². The highest BCUT2D eigenvalue weighted by Crippen LogP contribution is 2.63. The lowest BCUT2D eigenvalue weighted by Crippen LogP contribution is -2.68. The number of rotatable bonds is 4. The van der Waals surface area contributed by atoms with Crippen LogP contribution in [0.5, 0.6) is 0 Å².